The predicted molar refractivity (Wildman–Crippen MR) is 64.6 cm³/mol. The molecule has 0 amide bonds. The minimum Gasteiger partial charge on any atom is -0.357 e. The van der Waals surface area contributed by atoms with Crippen LogP contribution < -0.4 is 10.2 Å². The molecule has 92 valence electrons. The Balaban J connectivity index is 1.84. The van der Waals surface area contributed by atoms with Gasteiger partial charge in [0.1, 0.15) is 0 Å². The van der Waals surface area contributed by atoms with E-state index in [4.69, 9.17) is 0 Å². The molecule has 0 spiro atoms. The number of anilines is 2. The molecular weight excluding hydrogens is 219 g/mol. The number of hydrogen-bond acceptors (Lipinski definition) is 4. The van der Waals surface area contributed by atoms with E-state index < -0.39 is 0 Å². The average Bonchev–Trinajstić information content (AvgIpc) is 2.90. The van der Waals surface area contributed by atoms with Crippen LogP contribution in [0.4, 0.5) is 16.2 Å². The van der Waals surface area contributed by atoms with Crippen LogP contribution in [0, 0.1) is 17.7 Å². The second-order valence-corrected chi connectivity index (χ2v) is 4.97. The number of rotatable bonds is 2. The van der Waals surface area contributed by atoms with E-state index in [1.807, 2.05) is 0 Å². The van der Waals surface area contributed by atoms with Crippen molar-refractivity contribution in [2.24, 2.45) is 11.8 Å². The van der Waals surface area contributed by atoms with Gasteiger partial charge in [-0.25, -0.2) is 9.37 Å². The van der Waals surface area contributed by atoms with Crippen molar-refractivity contribution in [3.05, 3.63) is 12.0 Å². The van der Waals surface area contributed by atoms with Crippen LogP contribution in [0.25, 0.3) is 0 Å². The van der Waals surface area contributed by atoms with Crippen molar-refractivity contribution >= 4 is 11.8 Å². The fourth-order valence-corrected chi connectivity index (χ4v) is 3.11. The summed E-state index contributed by atoms with van der Waals surface area (Å²) in [6, 6.07) is 0. The third-order valence-electron chi connectivity index (χ3n) is 3.98. The highest BCUT2D eigenvalue weighted by molar-refractivity contribution is 5.45. The zero-order valence-electron chi connectivity index (χ0n) is 9.99. The van der Waals surface area contributed by atoms with Gasteiger partial charge in [-0.05, 0) is 24.7 Å². The van der Waals surface area contributed by atoms with E-state index in [-0.39, 0.29) is 5.82 Å². The third-order valence-corrected chi connectivity index (χ3v) is 3.98. The maximum atomic E-state index is 13.7. The molecule has 2 fully saturated rings. The lowest BCUT2D eigenvalue weighted by Crippen LogP contribution is -2.23. The van der Waals surface area contributed by atoms with Crippen LogP contribution in [0.15, 0.2) is 6.20 Å². The Kier molecular flexibility index (Phi) is 2.61. The molecule has 1 N–H and O–H groups in total. The highest BCUT2D eigenvalue weighted by Gasteiger charge is 2.37. The van der Waals surface area contributed by atoms with Crippen molar-refractivity contribution in [2.45, 2.75) is 19.3 Å². The molecule has 3 rings (SSSR count). The topological polar surface area (TPSA) is 41.1 Å². The van der Waals surface area contributed by atoms with Crippen LogP contribution in [0.1, 0.15) is 19.3 Å². The number of nitrogens with zero attached hydrogens (tertiary/aromatic N) is 3. The maximum absolute atomic E-state index is 13.7. The summed E-state index contributed by atoms with van der Waals surface area (Å²) in [6.07, 6.45) is 5.15. The maximum Gasteiger partial charge on any atom is 0.224 e. The summed E-state index contributed by atoms with van der Waals surface area (Å²) in [5.41, 5.74) is 0. The van der Waals surface area contributed by atoms with E-state index in [1.54, 1.807) is 7.05 Å². The number of halogens is 1. The first kappa shape index (κ1) is 10.7. The first-order valence-electron chi connectivity index (χ1n) is 6.23. The summed E-state index contributed by atoms with van der Waals surface area (Å²) in [4.78, 5) is 10.2. The van der Waals surface area contributed by atoms with E-state index in [0.717, 1.165) is 24.9 Å². The second-order valence-electron chi connectivity index (χ2n) is 4.97. The van der Waals surface area contributed by atoms with Gasteiger partial charge in [0, 0.05) is 20.1 Å². The zero-order chi connectivity index (χ0) is 11.8. The molecule has 1 aromatic heterocycles. The summed E-state index contributed by atoms with van der Waals surface area (Å²) in [7, 11) is 1.75. The minimum atomic E-state index is -0.316. The molecule has 2 atom stereocenters. The molecule has 4 nitrogen and oxygen atoms in total. The van der Waals surface area contributed by atoms with Gasteiger partial charge in [-0.3, -0.25) is 0 Å². The first-order valence-corrected chi connectivity index (χ1v) is 6.23. The van der Waals surface area contributed by atoms with Gasteiger partial charge < -0.3 is 10.2 Å². The molecule has 2 aliphatic rings. The van der Waals surface area contributed by atoms with Crippen molar-refractivity contribution in [2.75, 3.05) is 30.4 Å². The molecule has 5 heteroatoms. The zero-order valence-corrected chi connectivity index (χ0v) is 9.99. The number of aromatic nitrogens is 2. The van der Waals surface area contributed by atoms with E-state index in [1.165, 1.54) is 25.5 Å². The van der Waals surface area contributed by atoms with Crippen molar-refractivity contribution in [3.8, 4) is 0 Å². The third kappa shape index (κ3) is 1.83. The van der Waals surface area contributed by atoms with Crippen LogP contribution in [-0.4, -0.2) is 30.1 Å². The lowest BCUT2D eigenvalue weighted by molar-refractivity contribution is 0.494. The Hall–Kier alpha value is -1.39. The van der Waals surface area contributed by atoms with E-state index in [9.17, 15) is 4.39 Å². The van der Waals surface area contributed by atoms with Gasteiger partial charge in [0.05, 0.1) is 6.20 Å². The van der Waals surface area contributed by atoms with Gasteiger partial charge in [0.15, 0.2) is 11.6 Å². The molecule has 17 heavy (non-hydrogen) atoms. The molecule has 2 heterocycles. The second kappa shape index (κ2) is 4.13. The fourth-order valence-electron chi connectivity index (χ4n) is 3.11. The largest absolute Gasteiger partial charge is 0.357 e. The molecule has 1 aliphatic heterocycles. The van der Waals surface area contributed by atoms with Gasteiger partial charge in [0.25, 0.3) is 0 Å². The molecule has 1 saturated heterocycles. The monoisotopic (exact) mass is 236 g/mol. The Morgan fingerprint density at radius 1 is 1.35 bits per heavy atom. The summed E-state index contributed by atoms with van der Waals surface area (Å²) in [6.45, 7) is 1.89. The smallest absolute Gasteiger partial charge is 0.224 e. The number of hydrogen-bond donors (Lipinski definition) is 1. The molecule has 2 unspecified atom stereocenters. The Labute approximate surface area is 100 Å². The highest BCUT2D eigenvalue weighted by atomic mass is 19.1. The van der Waals surface area contributed by atoms with Gasteiger partial charge in [-0.2, -0.15) is 4.98 Å². The molecule has 0 aromatic carbocycles. The SMILES string of the molecule is CNc1ncc(F)c(N2CC3CCCC3C2)n1. The summed E-state index contributed by atoms with van der Waals surface area (Å²) >= 11 is 0. The first-order chi connectivity index (χ1) is 8.28. The quantitative estimate of drug-likeness (QED) is 0.851. The van der Waals surface area contributed by atoms with Gasteiger partial charge in [-0.15, -0.1) is 0 Å². The van der Waals surface area contributed by atoms with Crippen molar-refractivity contribution in [3.63, 3.8) is 0 Å². The van der Waals surface area contributed by atoms with Crippen molar-refractivity contribution in [1.29, 1.82) is 0 Å². The molecule has 1 aliphatic carbocycles. The standard InChI is InChI=1S/C12H17FN4/c1-14-12-15-5-10(13)11(16-12)17-6-8-3-2-4-9(8)7-17/h5,8-9H,2-4,6-7H2,1H3,(H,14,15,16). The molecule has 0 radical (unpaired) electrons. The van der Waals surface area contributed by atoms with Gasteiger partial charge in [0.2, 0.25) is 5.95 Å². The Morgan fingerprint density at radius 3 is 2.71 bits per heavy atom. The van der Waals surface area contributed by atoms with E-state index >= 15 is 0 Å². The summed E-state index contributed by atoms with van der Waals surface area (Å²) in [5.74, 6) is 2.10. The lowest BCUT2D eigenvalue weighted by atomic mass is 10.0. The van der Waals surface area contributed by atoms with Crippen LogP contribution >= 0.6 is 0 Å². The summed E-state index contributed by atoms with van der Waals surface area (Å²) < 4.78 is 13.7. The van der Waals surface area contributed by atoms with Crippen molar-refractivity contribution < 1.29 is 4.39 Å². The molecular formula is C12H17FN4. The minimum absolute atomic E-state index is 0.316. The molecule has 0 bridgehead atoms. The van der Waals surface area contributed by atoms with Crippen LogP contribution in [0.3, 0.4) is 0 Å². The normalized spacial score (nSPS) is 27.3. The summed E-state index contributed by atoms with van der Waals surface area (Å²) in [5, 5.41) is 2.85. The van der Waals surface area contributed by atoms with Crippen LogP contribution in [0.2, 0.25) is 0 Å². The number of fused-ring (bicyclic) bond motifs is 1. The van der Waals surface area contributed by atoms with Gasteiger partial charge >= 0.3 is 0 Å². The van der Waals surface area contributed by atoms with E-state index in [2.05, 4.69) is 20.2 Å². The van der Waals surface area contributed by atoms with E-state index in [0.29, 0.717) is 11.8 Å². The lowest BCUT2D eigenvalue weighted by Gasteiger charge is -2.19. The Bertz CT molecular complexity index is 411. The molecule has 1 saturated carbocycles. The highest BCUT2D eigenvalue weighted by Crippen LogP contribution is 2.39. The predicted octanol–water partition coefficient (Wildman–Crippen LogP) is 1.89. The van der Waals surface area contributed by atoms with Gasteiger partial charge in [-0.1, -0.05) is 6.42 Å². The van der Waals surface area contributed by atoms with Crippen LogP contribution in [0.5, 0.6) is 0 Å². The Morgan fingerprint density at radius 2 is 2.06 bits per heavy atom. The average molecular weight is 236 g/mol. The fraction of sp³-hybridized carbons (Fsp3) is 0.667. The van der Waals surface area contributed by atoms with Crippen LogP contribution in [-0.2, 0) is 0 Å². The number of nitrogens with one attached hydrogen (secondary N) is 1. The van der Waals surface area contributed by atoms with Crippen molar-refractivity contribution in [1.82, 2.24) is 9.97 Å². The molecule has 1 aromatic rings.